The van der Waals surface area contributed by atoms with Crippen LogP contribution in [0.4, 0.5) is 0 Å². The SMILES string of the molecule is C[C@H](C(=O)NC1Cc2ccccc2C1N1CCCC1)c1ccccc1. The van der Waals surface area contributed by atoms with E-state index in [-0.39, 0.29) is 17.9 Å². The first-order valence-corrected chi connectivity index (χ1v) is 9.41. The molecule has 0 spiro atoms. The van der Waals surface area contributed by atoms with Gasteiger partial charge in [0.25, 0.3) is 0 Å². The smallest absolute Gasteiger partial charge is 0.227 e. The van der Waals surface area contributed by atoms with Gasteiger partial charge in [0.15, 0.2) is 0 Å². The van der Waals surface area contributed by atoms with Crippen molar-refractivity contribution < 1.29 is 4.79 Å². The van der Waals surface area contributed by atoms with Crippen LogP contribution in [0, 0.1) is 0 Å². The van der Waals surface area contributed by atoms with Crippen LogP contribution in [0.15, 0.2) is 54.6 Å². The van der Waals surface area contributed by atoms with Crippen LogP contribution in [0.2, 0.25) is 0 Å². The van der Waals surface area contributed by atoms with E-state index in [1.165, 1.54) is 24.0 Å². The van der Waals surface area contributed by atoms with Gasteiger partial charge in [-0.25, -0.2) is 0 Å². The maximum Gasteiger partial charge on any atom is 0.227 e. The van der Waals surface area contributed by atoms with Crippen LogP contribution >= 0.6 is 0 Å². The Hall–Kier alpha value is -2.13. The number of fused-ring (bicyclic) bond motifs is 1. The minimum atomic E-state index is -0.121. The molecule has 1 saturated heterocycles. The Labute approximate surface area is 150 Å². The number of nitrogens with zero attached hydrogens (tertiary/aromatic N) is 1. The summed E-state index contributed by atoms with van der Waals surface area (Å²) in [5, 5.41) is 3.37. The van der Waals surface area contributed by atoms with E-state index in [4.69, 9.17) is 0 Å². The standard InChI is InChI=1S/C22H26N2O/c1-16(17-9-3-2-4-10-17)22(25)23-20-15-18-11-5-6-12-19(18)21(20)24-13-7-8-14-24/h2-6,9-12,16,20-21H,7-8,13-15H2,1H3,(H,23,25)/t16-,20?,21?/m0/s1. The molecule has 3 heteroatoms. The molecule has 1 fully saturated rings. The molecule has 4 rings (SSSR count). The summed E-state index contributed by atoms with van der Waals surface area (Å²) in [6, 6.07) is 19.2. The summed E-state index contributed by atoms with van der Waals surface area (Å²) in [6.07, 6.45) is 3.46. The Kier molecular flexibility index (Phi) is 4.58. The summed E-state index contributed by atoms with van der Waals surface area (Å²) in [6.45, 7) is 4.27. The molecule has 1 N–H and O–H groups in total. The first-order valence-electron chi connectivity index (χ1n) is 9.41. The van der Waals surface area contributed by atoms with E-state index in [1.54, 1.807) is 0 Å². The average Bonchev–Trinajstić information content (AvgIpc) is 3.28. The highest BCUT2D eigenvalue weighted by Crippen LogP contribution is 2.38. The number of likely N-dealkylation sites (tertiary alicyclic amines) is 1. The maximum atomic E-state index is 12.9. The molecule has 0 radical (unpaired) electrons. The van der Waals surface area contributed by atoms with Gasteiger partial charge in [-0.3, -0.25) is 9.69 Å². The van der Waals surface area contributed by atoms with Crippen LogP contribution in [0.3, 0.4) is 0 Å². The molecule has 2 aliphatic rings. The van der Waals surface area contributed by atoms with Crippen molar-refractivity contribution in [3.8, 4) is 0 Å². The molecule has 0 aromatic heterocycles. The third-order valence-electron chi connectivity index (χ3n) is 5.75. The zero-order chi connectivity index (χ0) is 17.2. The quantitative estimate of drug-likeness (QED) is 0.925. The Morgan fingerprint density at radius 2 is 1.72 bits per heavy atom. The van der Waals surface area contributed by atoms with Crippen LogP contribution in [0.1, 0.15) is 48.4 Å². The molecule has 2 unspecified atom stereocenters. The topological polar surface area (TPSA) is 32.3 Å². The number of rotatable bonds is 4. The lowest BCUT2D eigenvalue weighted by molar-refractivity contribution is -0.123. The minimum absolute atomic E-state index is 0.121. The number of carbonyl (C=O) groups excluding carboxylic acids is 1. The van der Waals surface area contributed by atoms with Crippen LogP contribution < -0.4 is 5.32 Å². The predicted octanol–water partition coefficient (Wildman–Crippen LogP) is 3.67. The second kappa shape index (κ2) is 7.01. The van der Waals surface area contributed by atoms with Gasteiger partial charge in [0.2, 0.25) is 5.91 Å². The molecule has 2 aromatic carbocycles. The second-order valence-electron chi connectivity index (χ2n) is 7.34. The van der Waals surface area contributed by atoms with Crippen LogP contribution in [0.5, 0.6) is 0 Å². The Morgan fingerprint density at radius 3 is 2.48 bits per heavy atom. The van der Waals surface area contributed by atoms with Gasteiger partial charge in [0.1, 0.15) is 0 Å². The number of benzene rings is 2. The van der Waals surface area contributed by atoms with Gasteiger partial charge in [-0.1, -0.05) is 54.6 Å². The Balaban J connectivity index is 1.54. The zero-order valence-electron chi connectivity index (χ0n) is 14.8. The Morgan fingerprint density at radius 1 is 1.04 bits per heavy atom. The molecule has 1 heterocycles. The fraction of sp³-hybridized carbons (Fsp3) is 0.409. The van der Waals surface area contributed by atoms with Crippen molar-refractivity contribution in [2.75, 3.05) is 13.1 Å². The predicted molar refractivity (Wildman–Crippen MR) is 100 cm³/mol. The van der Waals surface area contributed by atoms with Crippen LogP contribution in [-0.4, -0.2) is 29.9 Å². The number of hydrogen-bond acceptors (Lipinski definition) is 2. The van der Waals surface area contributed by atoms with Crippen molar-refractivity contribution in [2.45, 2.75) is 44.2 Å². The van der Waals surface area contributed by atoms with E-state index in [2.05, 4.69) is 34.5 Å². The summed E-state index contributed by atoms with van der Waals surface area (Å²) >= 11 is 0. The highest BCUT2D eigenvalue weighted by Gasteiger charge is 2.38. The van der Waals surface area contributed by atoms with Crippen molar-refractivity contribution in [1.82, 2.24) is 10.2 Å². The van der Waals surface area contributed by atoms with E-state index in [0.29, 0.717) is 6.04 Å². The fourth-order valence-corrected chi connectivity index (χ4v) is 4.38. The first kappa shape index (κ1) is 16.3. The molecule has 1 aliphatic carbocycles. The molecule has 130 valence electrons. The summed E-state index contributed by atoms with van der Waals surface area (Å²) in [5.74, 6) is 0.0114. The molecule has 2 aromatic rings. The second-order valence-corrected chi connectivity index (χ2v) is 7.34. The number of hydrogen-bond donors (Lipinski definition) is 1. The van der Waals surface area contributed by atoms with E-state index >= 15 is 0 Å². The first-order chi connectivity index (χ1) is 12.2. The lowest BCUT2D eigenvalue weighted by atomic mass is 9.99. The lowest BCUT2D eigenvalue weighted by Crippen LogP contribution is -2.45. The molecule has 0 bridgehead atoms. The average molecular weight is 334 g/mol. The van der Waals surface area contributed by atoms with E-state index in [1.807, 2.05) is 37.3 Å². The summed E-state index contributed by atoms with van der Waals surface area (Å²) in [5.41, 5.74) is 3.87. The molecule has 25 heavy (non-hydrogen) atoms. The molecule has 3 nitrogen and oxygen atoms in total. The number of carbonyl (C=O) groups is 1. The van der Waals surface area contributed by atoms with Crippen molar-refractivity contribution in [3.05, 3.63) is 71.3 Å². The zero-order valence-corrected chi connectivity index (χ0v) is 14.8. The van der Waals surface area contributed by atoms with Gasteiger partial charge in [0.05, 0.1) is 18.0 Å². The monoisotopic (exact) mass is 334 g/mol. The van der Waals surface area contributed by atoms with E-state index < -0.39 is 0 Å². The van der Waals surface area contributed by atoms with Gasteiger partial charge in [0, 0.05) is 0 Å². The molecular weight excluding hydrogens is 308 g/mol. The van der Waals surface area contributed by atoms with Crippen molar-refractivity contribution in [3.63, 3.8) is 0 Å². The molecule has 1 aliphatic heterocycles. The number of amides is 1. The van der Waals surface area contributed by atoms with Gasteiger partial charge >= 0.3 is 0 Å². The molecule has 0 saturated carbocycles. The normalized spacial score (nSPS) is 24.0. The largest absolute Gasteiger partial charge is 0.351 e. The summed E-state index contributed by atoms with van der Waals surface area (Å²) in [7, 11) is 0. The van der Waals surface area contributed by atoms with E-state index in [0.717, 1.165) is 25.1 Å². The maximum absolute atomic E-state index is 12.9. The number of nitrogens with one attached hydrogen (secondary N) is 1. The van der Waals surface area contributed by atoms with Crippen LogP contribution in [-0.2, 0) is 11.2 Å². The molecule has 1 amide bonds. The van der Waals surface area contributed by atoms with Crippen molar-refractivity contribution in [2.24, 2.45) is 0 Å². The molecule has 3 atom stereocenters. The van der Waals surface area contributed by atoms with Crippen LogP contribution in [0.25, 0.3) is 0 Å². The van der Waals surface area contributed by atoms with Gasteiger partial charge in [-0.05, 0) is 56.0 Å². The minimum Gasteiger partial charge on any atom is -0.351 e. The Bertz CT molecular complexity index is 737. The van der Waals surface area contributed by atoms with Crippen molar-refractivity contribution in [1.29, 1.82) is 0 Å². The lowest BCUT2D eigenvalue weighted by Gasteiger charge is -2.31. The third-order valence-corrected chi connectivity index (χ3v) is 5.75. The highest BCUT2D eigenvalue weighted by molar-refractivity contribution is 5.83. The third kappa shape index (κ3) is 3.21. The summed E-state index contributed by atoms with van der Waals surface area (Å²) < 4.78 is 0. The van der Waals surface area contributed by atoms with Gasteiger partial charge < -0.3 is 5.32 Å². The fourth-order valence-electron chi connectivity index (χ4n) is 4.38. The van der Waals surface area contributed by atoms with Crippen molar-refractivity contribution >= 4 is 5.91 Å². The summed E-state index contributed by atoms with van der Waals surface area (Å²) in [4.78, 5) is 15.4. The van der Waals surface area contributed by atoms with Gasteiger partial charge in [-0.15, -0.1) is 0 Å². The van der Waals surface area contributed by atoms with Gasteiger partial charge in [-0.2, -0.15) is 0 Å². The highest BCUT2D eigenvalue weighted by atomic mass is 16.1. The molecular formula is C22H26N2O. The van der Waals surface area contributed by atoms with E-state index in [9.17, 15) is 4.79 Å².